The highest BCUT2D eigenvalue weighted by Gasteiger charge is 2.30. The molecule has 0 unspecified atom stereocenters. The summed E-state index contributed by atoms with van der Waals surface area (Å²) in [6.07, 6.45) is -4.35. The van der Waals surface area contributed by atoms with E-state index in [0.29, 0.717) is 16.3 Å². The summed E-state index contributed by atoms with van der Waals surface area (Å²) < 4.78 is 42.1. The number of benzene rings is 1. The van der Waals surface area contributed by atoms with E-state index in [2.05, 4.69) is 4.98 Å². The molecule has 7 heteroatoms. The van der Waals surface area contributed by atoms with Gasteiger partial charge in [0.1, 0.15) is 11.6 Å². The summed E-state index contributed by atoms with van der Waals surface area (Å²) in [7, 11) is 0. The minimum absolute atomic E-state index is 0.0620. The molecular formula is C13H10F3NO2S. The number of hydrogen-bond acceptors (Lipinski definition) is 4. The zero-order valence-corrected chi connectivity index (χ0v) is 11.2. The molecule has 0 N–H and O–H groups in total. The maximum absolute atomic E-state index is 12.4. The Kier molecular flexibility index (Phi) is 4.08. The van der Waals surface area contributed by atoms with E-state index in [-0.39, 0.29) is 6.61 Å². The number of ether oxygens (including phenoxy) is 1. The first-order valence-electron chi connectivity index (χ1n) is 5.61. The van der Waals surface area contributed by atoms with Crippen LogP contribution in [0.3, 0.4) is 0 Å². The topological polar surface area (TPSA) is 39.2 Å². The Bertz CT molecular complexity index is 605. The lowest BCUT2D eigenvalue weighted by Crippen LogP contribution is -2.04. The average Bonchev–Trinajstić information content (AvgIpc) is 2.84. The minimum atomic E-state index is -4.35. The predicted molar refractivity (Wildman–Crippen MR) is 68.0 cm³/mol. The summed E-state index contributed by atoms with van der Waals surface area (Å²) in [5, 5.41) is 2.29. The number of halogens is 3. The summed E-state index contributed by atoms with van der Waals surface area (Å²) >= 11 is 1.28. The van der Waals surface area contributed by atoms with Crippen LogP contribution < -0.4 is 0 Å². The number of alkyl halides is 3. The number of aromatic nitrogens is 1. The van der Waals surface area contributed by atoms with Gasteiger partial charge in [-0.25, -0.2) is 4.98 Å². The van der Waals surface area contributed by atoms with Gasteiger partial charge in [-0.1, -0.05) is 12.1 Å². The third-order valence-electron chi connectivity index (χ3n) is 2.43. The van der Waals surface area contributed by atoms with Crippen LogP contribution in [-0.2, 0) is 22.3 Å². The second-order valence-electron chi connectivity index (χ2n) is 4.00. The van der Waals surface area contributed by atoms with Gasteiger partial charge in [-0.05, 0) is 12.1 Å². The first-order chi connectivity index (χ1) is 9.36. The van der Waals surface area contributed by atoms with Gasteiger partial charge >= 0.3 is 12.1 Å². The van der Waals surface area contributed by atoms with Crippen LogP contribution in [0.4, 0.5) is 13.2 Å². The Morgan fingerprint density at radius 1 is 1.30 bits per heavy atom. The van der Waals surface area contributed by atoms with E-state index in [9.17, 15) is 18.0 Å². The van der Waals surface area contributed by atoms with Gasteiger partial charge in [0.05, 0.1) is 11.3 Å². The Balaban J connectivity index is 2.14. The van der Waals surface area contributed by atoms with Crippen LogP contribution >= 0.6 is 11.3 Å². The first kappa shape index (κ1) is 14.5. The summed E-state index contributed by atoms with van der Waals surface area (Å²) in [4.78, 5) is 14.9. The predicted octanol–water partition coefficient (Wildman–Crippen LogP) is 3.89. The van der Waals surface area contributed by atoms with E-state index in [1.165, 1.54) is 30.4 Å². The third kappa shape index (κ3) is 3.57. The molecule has 0 saturated heterocycles. The lowest BCUT2D eigenvalue weighted by molar-refractivity contribution is -0.142. The number of thiazole rings is 1. The second-order valence-corrected chi connectivity index (χ2v) is 4.86. The van der Waals surface area contributed by atoms with E-state index in [4.69, 9.17) is 4.74 Å². The fourth-order valence-electron chi connectivity index (χ4n) is 1.48. The molecule has 0 saturated carbocycles. The van der Waals surface area contributed by atoms with Gasteiger partial charge in [-0.3, -0.25) is 4.79 Å². The minimum Gasteiger partial charge on any atom is -0.459 e. The first-order valence-corrected chi connectivity index (χ1v) is 6.49. The van der Waals surface area contributed by atoms with Crippen molar-refractivity contribution in [2.24, 2.45) is 0 Å². The summed E-state index contributed by atoms with van der Waals surface area (Å²) in [5.41, 5.74) is 0.468. The molecule has 0 aliphatic rings. The van der Waals surface area contributed by atoms with Crippen LogP contribution in [0.5, 0.6) is 0 Å². The highest BCUT2D eigenvalue weighted by molar-refractivity contribution is 7.13. The summed E-state index contributed by atoms with van der Waals surface area (Å²) in [6, 6.07) is 4.78. The molecular weight excluding hydrogens is 291 g/mol. The molecule has 0 aliphatic carbocycles. The standard InChI is InChI=1S/C13H10F3NO2S/c1-8(18)19-6-11-7-20-12(17-11)9-2-4-10(5-3-9)13(14,15)16/h2-5,7H,6H2,1H3. The van der Waals surface area contributed by atoms with Crippen LogP contribution in [0.2, 0.25) is 0 Å². The highest BCUT2D eigenvalue weighted by atomic mass is 32.1. The quantitative estimate of drug-likeness (QED) is 0.807. The normalized spacial score (nSPS) is 11.4. The van der Waals surface area contributed by atoms with Crippen molar-refractivity contribution in [2.45, 2.75) is 19.7 Å². The third-order valence-corrected chi connectivity index (χ3v) is 3.37. The van der Waals surface area contributed by atoms with Crippen molar-refractivity contribution in [1.82, 2.24) is 4.98 Å². The van der Waals surface area contributed by atoms with Crippen LogP contribution in [0, 0.1) is 0 Å². The number of carbonyl (C=O) groups is 1. The molecule has 3 nitrogen and oxygen atoms in total. The molecule has 1 heterocycles. The molecule has 0 bridgehead atoms. The molecule has 106 valence electrons. The second kappa shape index (κ2) is 5.62. The fraction of sp³-hybridized carbons (Fsp3) is 0.231. The smallest absolute Gasteiger partial charge is 0.416 e. The Labute approximate surface area is 117 Å². The van der Waals surface area contributed by atoms with E-state index in [1.54, 1.807) is 5.38 Å². The fourth-order valence-corrected chi connectivity index (χ4v) is 2.29. The molecule has 0 radical (unpaired) electrons. The average molecular weight is 301 g/mol. The molecule has 1 aromatic heterocycles. The Hall–Kier alpha value is -1.89. The molecule has 2 aromatic rings. The van der Waals surface area contributed by atoms with Crippen molar-refractivity contribution in [3.8, 4) is 10.6 Å². The molecule has 2 rings (SSSR count). The summed E-state index contributed by atoms with van der Waals surface area (Å²) in [6.45, 7) is 1.36. The molecule has 0 atom stereocenters. The van der Waals surface area contributed by atoms with E-state index in [1.807, 2.05) is 0 Å². The van der Waals surface area contributed by atoms with Gasteiger partial charge in [0.15, 0.2) is 0 Å². The Morgan fingerprint density at radius 3 is 2.50 bits per heavy atom. The van der Waals surface area contributed by atoms with Gasteiger partial charge in [0.2, 0.25) is 0 Å². The number of esters is 1. The van der Waals surface area contributed by atoms with Gasteiger partial charge in [-0.15, -0.1) is 11.3 Å². The van der Waals surface area contributed by atoms with Crippen LogP contribution in [0.15, 0.2) is 29.6 Å². The summed E-state index contributed by atoms with van der Waals surface area (Å²) in [5.74, 6) is -0.408. The maximum Gasteiger partial charge on any atom is 0.416 e. The zero-order chi connectivity index (χ0) is 14.8. The van der Waals surface area contributed by atoms with Crippen LogP contribution in [0.25, 0.3) is 10.6 Å². The largest absolute Gasteiger partial charge is 0.459 e. The van der Waals surface area contributed by atoms with Crippen LogP contribution in [-0.4, -0.2) is 11.0 Å². The van der Waals surface area contributed by atoms with Crippen molar-refractivity contribution in [3.05, 3.63) is 40.9 Å². The Morgan fingerprint density at radius 2 is 1.95 bits per heavy atom. The van der Waals surface area contributed by atoms with Crippen molar-refractivity contribution in [3.63, 3.8) is 0 Å². The van der Waals surface area contributed by atoms with E-state index >= 15 is 0 Å². The van der Waals surface area contributed by atoms with Crippen LogP contribution in [0.1, 0.15) is 18.2 Å². The van der Waals surface area contributed by atoms with Gasteiger partial charge < -0.3 is 4.74 Å². The van der Waals surface area contributed by atoms with Crippen molar-refractivity contribution < 1.29 is 22.7 Å². The monoisotopic (exact) mass is 301 g/mol. The number of carbonyl (C=O) groups excluding carboxylic acids is 1. The molecule has 1 aromatic carbocycles. The molecule has 0 fully saturated rings. The lowest BCUT2D eigenvalue weighted by Gasteiger charge is -2.06. The van der Waals surface area contributed by atoms with Gasteiger partial charge in [0.25, 0.3) is 0 Å². The number of rotatable bonds is 3. The molecule has 20 heavy (non-hydrogen) atoms. The molecule has 0 amide bonds. The number of hydrogen-bond donors (Lipinski definition) is 0. The van der Waals surface area contributed by atoms with Gasteiger partial charge in [-0.2, -0.15) is 13.2 Å². The lowest BCUT2D eigenvalue weighted by atomic mass is 10.1. The highest BCUT2D eigenvalue weighted by Crippen LogP contribution is 2.31. The van der Waals surface area contributed by atoms with Crippen molar-refractivity contribution in [1.29, 1.82) is 0 Å². The van der Waals surface area contributed by atoms with E-state index < -0.39 is 17.7 Å². The van der Waals surface area contributed by atoms with E-state index in [0.717, 1.165) is 12.1 Å². The zero-order valence-electron chi connectivity index (χ0n) is 10.4. The molecule has 0 aliphatic heterocycles. The maximum atomic E-state index is 12.4. The SMILES string of the molecule is CC(=O)OCc1csc(-c2ccc(C(F)(F)F)cc2)n1. The van der Waals surface area contributed by atoms with Gasteiger partial charge in [0, 0.05) is 17.9 Å². The number of nitrogens with zero attached hydrogens (tertiary/aromatic N) is 1. The van der Waals surface area contributed by atoms with Crippen molar-refractivity contribution in [2.75, 3.05) is 0 Å². The van der Waals surface area contributed by atoms with Crippen molar-refractivity contribution >= 4 is 17.3 Å². The molecule has 0 spiro atoms.